The second-order valence-corrected chi connectivity index (χ2v) is 12.5. The smallest absolute Gasteiger partial charge is 0.416 e. The van der Waals surface area contributed by atoms with E-state index in [4.69, 9.17) is 9.47 Å². The number of alkyl halides is 12. The van der Waals surface area contributed by atoms with Crippen molar-refractivity contribution in [2.75, 3.05) is 0 Å². The fourth-order valence-corrected chi connectivity index (χ4v) is 5.28. The average molecular weight is 744 g/mol. The van der Waals surface area contributed by atoms with E-state index < -0.39 is 99.6 Å². The van der Waals surface area contributed by atoms with Crippen molar-refractivity contribution in [2.24, 2.45) is 0 Å². The van der Waals surface area contributed by atoms with Crippen LogP contribution in [0.15, 0.2) is 60.7 Å². The number of amides is 1. The van der Waals surface area contributed by atoms with Crippen molar-refractivity contribution < 1.29 is 76.5 Å². The normalized spacial score (nSPS) is 18.5. The predicted molar refractivity (Wildman–Crippen MR) is 152 cm³/mol. The Morgan fingerprint density at radius 2 is 1.10 bits per heavy atom. The lowest BCUT2D eigenvalue weighted by atomic mass is 9.74. The molecular weight excluding hydrogens is 718 g/mol. The number of hydrogen-bond donors (Lipinski definition) is 1. The van der Waals surface area contributed by atoms with Crippen LogP contribution in [0.2, 0.25) is 0 Å². The summed E-state index contributed by atoms with van der Waals surface area (Å²) in [6.07, 6.45) is -24.5. The highest BCUT2D eigenvalue weighted by molar-refractivity contribution is 5.99. The average Bonchev–Trinajstić information content (AvgIpc) is 2.99. The van der Waals surface area contributed by atoms with Crippen molar-refractivity contribution in [3.8, 4) is 0 Å². The van der Waals surface area contributed by atoms with Gasteiger partial charge in [-0.2, -0.15) is 52.7 Å². The van der Waals surface area contributed by atoms with Gasteiger partial charge < -0.3 is 14.8 Å². The molecule has 0 spiro atoms. The van der Waals surface area contributed by atoms with Gasteiger partial charge in [0.15, 0.2) is 11.6 Å². The molecule has 0 saturated heterocycles. The van der Waals surface area contributed by atoms with E-state index >= 15 is 0 Å². The molecular formula is C33H25F12NO5. The van der Waals surface area contributed by atoms with Crippen LogP contribution in [0.4, 0.5) is 52.7 Å². The summed E-state index contributed by atoms with van der Waals surface area (Å²) in [4.78, 5) is 41.1. The fraction of sp³-hybridized carbons (Fsp3) is 0.364. The Labute approximate surface area is 280 Å². The highest BCUT2D eigenvalue weighted by Crippen LogP contribution is 2.44. The van der Waals surface area contributed by atoms with Crippen molar-refractivity contribution in [1.29, 1.82) is 0 Å². The van der Waals surface area contributed by atoms with Crippen LogP contribution in [0, 0.1) is 0 Å². The Kier molecular flexibility index (Phi) is 10.0. The van der Waals surface area contributed by atoms with Crippen molar-refractivity contribution in [2.45, 2.75) is 75.6 Å². The third kappa shape index (κ3) is 8.76. The van der Waals surface area contributed by atoms with Crippen molar-refractivity contribution in [3.05, 3.63) is 105 Å². The number of hydrogen-bond acceptors (Lipinski definition) is 5. The number of nitrogens with one attached hydrogen (secondary N) is 1. The maximum absolute atomic E-state index is 14.0. The number of esters is 2. The summed E-state index contributed by atoms with van der Waals surface area (Å²) >= 11 is 0. The zero-order chi connectivity index (χ0) is 38.5. The lowest BCUT2D eigenvalue weighted by Crippen LogP contribution is -2.62. The molecule has 6 nitrogen and oxygen atoms in total. The maximum Gasteiger partial charge on any atom is 0.416 e. The third-order valence-electron chi connectivity index (χ3n) is 7.57. The molecule has 0 radical (unpaired) electrons. The van der Waals surface area contributed by atoms with Gasteiger partial charge in [0.1, 0.15) is 5.60 Å². The van der Waals surface area contributed by atoms with Gasteiger partial charge in [-0.1, -0.05) is 24.3 Å². The lowest BCUT2D eigenvalue weighted by molar-refractivity contribution is -0.170. The van der Waals surface area contributed by atoms with E-state index in [1.54, 1.807) is 0 Å². The molecule has 0 aliphatic heterocycles. The quantitative estimate of drug-likeness (QED) is 0.208. The van der Waals surface area contributed by atoms with Crippen LogP contribution in [-0.2, 0) is 45.4 Å². The molecule has 2 atom stereocenters. The van der Waals surface area contributed by atoms with Gasteiger partial charge in [0, 0.05) is 5.56 Å². The van der Waals surface area contributed by atoms with Gasteiger partial charge in [-0.05, 0) is 81.1 Å². The van der Waals surface area contributed by atoms with Gasteiger partial charge in [-0.3, -0.25) is 4.79 Å². The fourth-order valence-electron chi connectivity index (χ4n) is 5.28. The van der Waals surface area contributed by atoms with Gasteiger partial charge in [-0.15, -0.1) is 0 Å². The van der Waals surface area contributed by atoms with Crippen molar-refractivity contribution >= 4 is 17.8 Å². The number of fused-ring (bicyclic) bond motifs is 1. The minimum absolute atomic E-state index is 0.0430. The molecule has 1 amide bonds. The van der Waals surface area contributed by atoms with E-state index in [1.807, 2.05) is 0 Å². The molecule has 0 heterocycles. The van der Waals surface area contributed by atoms with Gasteiger partial charge in [-0.25, -0.2) is 9.59 Å². The molecule has 0 fully saturated rings. The molecule has 0 aromatic heterocycles. The standard InChI is InChI=1S/C33H25F12NO5/c1-28(2,3)51-27(49)29(46-25(47)17-10-19(30(34,35)36)14-20(11-17)31(37,38)39)9-8-16-6-4-5-7-23(16)24(29)50-26(48)18-12-21(32(40,41)42)15-22(13-18)33(43,44)45/h4-7,10-15,24H,8-9H2,1-3H3,(H,46,47)/t24-,29-/m1/s1. The highest BCUT2D eigenvalue weighted by Gasteiger charge is 2.55. The number of carbonyl (C=O) groups is 3. The molecule has 276 valence electrons. The van der Waals surface area contributed by atoms with E-state index in [9.17, 15) is 67.1 Å². The van der Waals surface area contributed by atoms with Crippen LogP contribution in [0.25, 0.3) is 0 Å². The summed E-state index contributed by atoms with van der Waals surface area (Å²) in [6.45, 7) is 4.01. The van der Waals surface area contributed by atoms with Gasteiger partial charge >= 0.3 is 36.6 Å². The molecule has 1 aliphatic rings. The molecule has 51 heavy (non-hydrogen) atoms. The van der Waals surface area contributed by atoms with E-state index in [-0.39, 0.29) is 48.4 Å². The molecule has 0 saturated carbocycles. The molecule has 1 N–H and O–H groups in total. The largest absolute Gasteiger partial charge is 0.458 e. The first-order valence-electron chi connectivity index (χ1n) is 14.6. The first-order valence-corrected chi connectivity index (χ1v) is 14.6. The number of carbonyl (C=O) groups excluding carboxylic acids is 3. The van der Waals surface area contributed by atoms with Gasteiger partial charge in [0.2, 0.25) is 0 Å². The first kappa shape index (κ1) is 39.0. The van der Waals surface area contributed by atoms with Gasteiger partial charge in [0.25, 0.3) is 5.91 Å². The molecule has 3 aromatic carbocycles. The number of ether oxygens (including phenoxy) is 2. The van der Waals surface area contributed by atoms with Crippen LogP contribution in [0.1, 0.15) is 87.4 Å². The second kappa shape index (κ2) is 13.1. The summed E-state index contributed by atoms with van der Waals surface area (Å²) < 4.78 is 174. The van der Waals surface area contributed by atoms with E-state index in [0.717, 1.165) is 0 Å². The van der Waals surface area contributed by atoms with E-state index in [2.05, 4.69) is 5.32 Å². The Bertz CT molecular complexity index is 1770. The summed E-state index contributed by atoms with van der Waals surface area (Å²) in [7, 11) is 0. The van der Waals surface area contributed by atoms with E-state index in [0.29, 0.717) is 5.56 Å². The van der Waals surface area contributed by atoms with Crippen molar-refractivity contribution in [1.82, 2.24) is 5.32 Å². The Morgan fingerprint density at radius 1 is 0.667 bits per heavy atom. The zero-order valence-corrected chi connectivity index (χ0v) is 26.3. The number of aryl methyl sites for hydroxylation is 1. The zero-order valence-electron chi connectivity index (χ0n) is 26.3. The van der Waals surface area contributed by atoms with Crippen LogP contribution in [0.5, 0.6) is 0 Å². The molecule has 4 rings (SSSR count). The maximum atomic E-state index is 14.0. The minimum Gasteiger partial charge on any atom is -0.458 e. The summed E-state index contributed by atoms with van der Waals surface area (Å²) in [5.74, 6) is -5.04. The second-order valence-electron chi connectivity index (χ2n) is 12.5. The van der Waals surface area contributed by atoms with Crippen LogP contribution >= 0.6 is 0 Å². The van der Waals surface area contributed by atoms with Crippen molar-refractivity contribution in [3.63, 3.8) is 0 Å². The number of halogens is 12. The van der Waals surface area contributed by atoms with Crippen LogP contribution < -0.4 is 5.32 Å². The minimum atomic E-state index is -5.39. The molecule has 0 unspecified atom stereocenters. The Hall–Kier alpha value is -4.77. The topological polar surface area (TPSA) is 81.7 Å². The Balaban J connectivity index is 1.92. The highest BCUT2D eigenvalue weighted by atomic mass is 19.4. The number of benzene rings is 3. The van der Waals surface area contributed by atoms with Crippen LogP contribution in [-0.4, -0.2) is 29.0 Å². The first-order chi connectivity index (χ1) is 23.1. The third-order valence-corrected chi connectivity index (χ3v) is 7.57. The molecule has 1 aliphatic carbocycles. The molecule has 18 heteroatoms. The molecule has 0 bridgehead atoms. The molecule has 3 aromatic rings. The van der Waals surface area contributed by atoms with E-state index in [1.165, 1.54) is 45.0 Å². The van der Waals surface area contributed by atoms with Gasteiger partial charge in [0.05, 0.1) is 27.8 Å². The summed E-state index contributed by atoms with van der Waals surface area (Å²) in [5, 5.41) is 2.06. The monoisotopic (exact) mass is 743 g/mol. The number of rotatable bonds is 5. The SMILES string of the molecule is CC(C)(C)OC(=O)[C@@]1(NC(=O)c2cc(C(F)(F)F)cc(C(F)(F)F)c2)CCc2ccccc2[C@H]1OC(=O)c1cc(C(F)(F)F)cc(C(F)(F)F)c1. The lowest BCUT2D eigenvalue weighted by Gasteiger charge is -2.43. The summed E-state index contributed by atoms with van der Waals surface area (Å²) in [5.41, 5.74) is -14.1. The van der Waals surface area contributed by atoms with Crippen LogP contribution in [0.3, 0.4) is 0 Å². The summed E-state index contributed by atoms with van der Waals surface area (Å²) in [6, 6.07) is 5.14. The predicted octanol–water partition coefficient (Wildman–Crippen LogP) is 9.12. The Morgan fingerprint density at radius 3 is 1.53 bits per heavy atom.